The van der Waals surface area contributed by atoms with Crippen LogP contribution in [0.15, 0.2) is 72.2 Å². The van der Waals surface area contributed by atoms with E-state index in [1.165, 1.54) is 12.2 Å². The molecule has 3 nitrogen and oxygen atoms in total. The highest BCUT2D eigenvalue weighted by molar-refractivity contribution is 5.66. The molecular weight excluding hydrogens is 315 g/mol. The van der Waals surface area contributed by atoms with Crippen molar-refractivity contribution < 1.29 is 9.18 Å². The van der Waals surface area contributed by atoms with E-state index in [1.807, 2.05) is 49.4 Å². The van der Waals surface area contributed by atoms with Gasteiger partial charge in [0.1, 0.15) is 13.0 Å². The third-order valence-corrected chi connectivity index (χ3v) is 2.94. The summed E-state index contributed by atoms with van der Waals surface area (Å²) in [7, 11) is 1.94. The SMILES string of the molecule is C#C/C=C\C=C/CCNC(/C=C\N(C)C/C(C)=C/C=C\CF)=C/C=O. The van der Waals surface area contributed by atoms with Gasteiger partial charge in [0.15, 0.2) is 0 Å². The third kappa shape index (κ3) is 14.5. The van der Waals surface area contributed by atoms with E-state index in [4.69, 9.17) is 6.42 Å². The number of terminal acetylenes is 1. The predicted octanol–water partition coefficient (Wildman–Crippen LogP) is 3.71. The molecule has 0 aromatic carbocycles. The molecule has 1 N–H and O–H groups in total. The highest BCUT2D eigenvalue weighted by Gasteiger charge is 1.95. The van der Waals surface area contributed by atoms with E-state index in [9.17, 15) is 9.18 Å². The van der Waals surface area contributed by atoms with Crippen LogP contribution >= 0.6 is 0 Å². The van der Waals surface area contributed by atoms with Crippen molar-refractivity contribution in [2.45, 2.75) is 13.3 Å². The van der Waals surface area contributed by atoms with E-state index in [1.54, 1.807) is 18.2 Å². The Hall–Kier alpha value is -2.80. The Morgan fingerprint density at radius 2 is 2.04 bits per heavy atom. The lowest BCUT2D eigenvalue weighted by molar-refractivity contribution is -0.104. The van der Waals surface area contributed by atoms with Gasteiger partial charge in [0, 0.05) is 38.1 Å². The average molecular weight is 342 g/mol. The van der Waals surface area contributed by atoms with Gasteiger partial charge in [-0.05, 0) is 25.5 Å². The molecule has 0 saturated carbocycles. The largest absolute Gasteiger partial charge is 0.385 e. The van der Waals surface area contributed by atoms with Crippen molar-refractivity contribution in [2.24, 2.45) is 0 Å². The fourth-order valence-corrected chi connectivity index (χ4v) is 1.82. The summed E-state index contributed by atoms with van der Waals surface area (Å²) >= 11 is 0. The van der Waals surface area contributed by atoms with E-state index in [2.05, 4.69) is 11.2 Å². The van der Waals surface area contributed by atoms with E-state index < -0.39 is 6.67 Å². The summed E-state index contributed by atoms with van der Waals surface area (Å²) in [5.74, 6) is 2.41. The first-order valence-electron chi connectivity index (χ1n) is 8.07. The minimum atomic E-state index is -0.458. The number of nitrogens with one attached hydrogen (secondary N) is 1. The Balaban J connectivity index is 4.41. The minimum absolute atomic E-state index is 0.458. The zero-order chi connectivity index (χ0) is 18.8. The summed E-state index contributed by atoms with van der Waals surface area (Å²) in [6.07, 6.45) is 24.3. The van der Waals surface area contributed by atoms with E-state index in [0.717, 1.165) is 24.0 Å². The van der Waals surface area contributed by atoms with Gasteiger partial charge in [0.25, 0.3) is 0 Å². The molecule has 0 spiro atoms. The van der Waals surface area contributed by atoms with Crippen molar-refractivity contribution in [1.82, 2.24) is 10.2 Å². The number of hydrogen-bond donors (Lipinski definition) is 1. The van der Waals surface area contributed by atoms with Crippen molar-refractivity contribution in [3.63, 3.8) is 0 Å². The second-order valence-corrected chi connectivity index (χ2v) is 5.25. The molecule has 4 heteroatoms. The van der Waals surface area contributed by atoms with Crippen LogP contribution in [0.25, 0.3) is 0 Å². The number of halogens is 1. The fourth-order valence-electron chi connectivity index (χ4n) is 1.82. The minimum Gasteiger partial charge on any atom is -0.385 e. The molecule has 0 amide bonds. The molecule has 0 unspecified atom stereocenters. The number of carbonyl (C=O) groups is 1. The number of likely N-dealkylation sites (N-methyl/N-ethyl adjacent to an activating group) is 1. The lowest BCUT2D eigenvalue weighted by Crippen LogP contribution is -2.16. The summed E-state index contributed by atoms with van der Waals surface area (Å²) in [4.78, 5) is 12.7. The van der Waals surface area contributed by atoms with Crippen molar-refractivity contribution in [3.8, 4) is 12.3 Å². The van der Waals surface area contributed by atoms with Crippen LogP contribution < -0.4 is 5.32 Å². The summed E-state index contributed by atoms with van der Waals surface area (Å²) in [6, 6.07) is 0. The molecule has 0 rings (SSSR count). The van der Waals surface area contributed by atoms with E-state index in [-0.39, 0.29) is 0 Å². The molecule has 134 valence electrons. The second-order valence-electron chi connectivity index (χ2n) is 5.25. The van der Waals surface area contributed by atoms with Crippen molar-refractivity contribution in [2.75, 3.05) is 26.8 Å². The first-order chi connectivity index (χ1) is 12.1. The molecule has 0 atom stereocenters. The lowest BCUT2D eigenvalue weighted by atomic mass is 10.2. The van der Waals surface area contributed by atoms with E-state index >= 15 is 0 Å². The van der Waals surface area contributed by atoms with Gasteiger partial charge in [0.2, 0.25) is 0 Å². The predicted molar refractivity (Wildman–Crippen MR) is 105 cm³/mol. The molecule has 0 aliphatic carbocycles. The van der Waals surface area contributed by atoms with Gasteiger partial charge in [-0.3, -0.25) is 4.79 Å². The summed E-state index contributed by atoms with van der Waals surface area (Å²) < 4.78 is 12.0. The lowest BCUT2D eigenvalue weighted by Gasteiger charge is -2.14. The van der Waals surface area contributed by atoms with Crippen LogP contribution in [0.5, 0.6) is 0 Å². The molecule has 0 radical (unpaired) electrons. The molecule has 0 saturated heterocycles. The third-order valence-electron chi connectivity index (χ3n) is 2.94. The standard InChI is InChI=1S/C21H27FN2O/c1-4-5-6-7-8-11-16-23-21(14-18-25)13-17-24(3)19-20(2)12-9-10-15-22/h1,5-10,12-14,17-18,23H,11,15-16,19H2,2-3H3/b6-5-,8-7-,10-9-,17-13-,20-12+,21-14+. The highest BCUT2D eigenvalue weighted by Crippen LogP contribution is 2.00. The zero-order valence-corrected chi connectivity index (χ0v) is 15.0. The molecule has 0 heterocycles. The van der Waals surface area contributed by atoms with E-state index in [0.29, 0.717) is 13.1 Å². The van der Waals surface area contributed by atoms with Gasteiger partial charge < -0.3 is 10.2 Å². The first-order valence-corrected chi connectivity index (χ1v) is 8.07. The Morgan fingerprint density at radius 1 is 1.24 bits per heavy atom. The molecule has 25 heavy (non-hydrogen) atoms. The zero-order valence-electron chi connectivity index (χ0n) is 15.0. The van der Waals surface area contributed by atoms with Crippen LogP contribution in [-0.4, -0.2) is 38.0 Å². The normalized spacial score (nSPS) is 13.2. The van der Waals surface area contributed by atoms with Crippen LogP contribution in [0.3, 0.4) is 0 Å². The Bertz CT molecular complexity index is 590. The fraction of sp³-hybridized carbons (Fsp3) is 0.286. The number of aldehydes is 1. The number of rotatable bonds is 12. The molecule has 0 aromatic rings. The van der Waals surface area contributed by atoms with Crippen LogP contribution in [0, 0.1) is 12.3 Å². The molecular formula is C21H27FN2O. The number of alkyl halides is 1. The second kappa shape index (κ2) is 16.1. The number of carbonyl (C=O) groups excluding carboxylic acids is 1. The summed E-state index contributed by atoms with van der Waals surface area (Å²) in [6.45, 7) is 2.95. The topological polar surface area (TPSA) is 32.3 Å². The van der Waals surface area contributed by atoms with Crippen LogP contribution in [0.2, 0.25) is 0 Å². The maximum absolute atomic E-state index is 12.0. The average Bonchev–Trinajstić information content (AvgIpc) is 2.59. The molecule has 0 aliphatic rings. The van der Waals surface area contributed by atoms with Crippen LogP contribution in [0.4, 0.5) is 4.39 Å². The Labute approximate surface area is 151 Å². The first kappa shape index (κ1) is 22.2. The van der Waals surface area contributed by atoms with Gasteiger partial charge in [-0.25, -0.2) is 4.39 Å². The van der Waals surface area contributed by atoms with Crippen LogP contribution in [0.1, 0.15) is 13.3 Å². The maximum Gasteiger partial charge on any atom is 0.144 e. The van der Waals surface area contributed by atoms with Gasteiger partial charge in [-0.2, -0.15) is 0 Å². The van der Waals surface area contributed by atoms with Crippen LogP contribution in [-0.2, 0) is 4.79 Å². The number of allylic oxidation sites excluding steroid dienone is 8. The van der Waals surface area contributed by atoms with Crippen molar-refractivity contribution >= 4 is 6.29 Å². The molecule has 0 fully saturated rings. The quantitative estimate of drug-likeness (QED) is 0.193. The number of nitrogens with zero attached hydrogens (tertiary/aromatic N) is 1. The van der Waals surface area contributed by atoms with Gasteiger partial charge in [-0.15, -0.1) is 6.42 Å². The number of hydrogen-bond acceptors (Lipinski definition) is 3. The van der Waals surface area contributed by atoms with Gasteiger partial charge >= 0.3 is 0 Å². The highest BCUT2D eigenvalue weighted by atomic mass is 19.1. The molecule has 0 aliphatic heterocycles. The summed E-state index contributed by atoms with van der Waals surface area (Å²) in [5.41, 5.74) is 1.85. The van der Waals surface area contributed by atoms with Gasteiger partial charge in [0.05, 0.1) is 0 Å². The molecule has 0 bridgehead atoms. The summed E-state index contributed by atoms with van der Waals surface area (Å²) in [5, 5.41) is 3.20. The monoisotopic (exact) mass is 342 g/mol. The van der Waals surface area contributed by atoms with Gasteiger partial charge in [-0.1, -0.05) is 47.9 Å². The smallest absolute Gasteiger partial charge is 0.144 e. The Morgan fingerprint density at radius 3 is 2.72 bits per heavy atom. The van der Waals surface area contributed by atoms with Crippen molar-refractivity contribution in [1.29, 1.82) is 0 Å². The Kier molecular flexibility index (Phi) is 14.3. The van der Waals surface area contributed by atoms with Crippen molar-refractivity contribution in [3.05, 3.63) is 72.2 Å². The molecule has 0 aromatic heterocycles. The maximum atomic E-state index is 12.0.